The molecule has 3 aromatic carbocycles. The number of rotatable bonds is 4. The molecular formula is C20H13FO2. The molecule has 0 fully saturated rings. The lowest BCUT2D eigenvalue weighted by atomic mass is 9.89. The molecule has 23 heavy (non-hydrogen) atoms. The predicted molar refractivity (Wildman–Crippen MR) is 88.0 cm³/mol. The molecule has 0 atom stereocenters. The van der Waals surface area contributed by atoms with E-state index in [9.17, 15) is 14.0 Å². The van der Waals surface area contributed by atoms with Gasteiger partial charge in [-0.15, -0.1) is 0 Å². The quantitative estimate of drug-likeness (QED) is 0.650. The van der Waals surface area contributed by atoms with Crippen LogP contribution in [0.15, 0.2) is 66.7 Å². The van der Waals surface area contributed by atoms with Gasteiger partial charge in [-0.05, 0) is 28.8 Å². The van der Waals surface area contributed by atoms with Crippen LogP contribution in [0.2, 0.25) is 0 Å². The van der Waals surface area contributed by atoms with Gasteiger partial charge in [0.05, 0.1) is 0 Å². The van der Waals surface area contributed by atoms with Gasteiger partial charge in [-0.3, -0.25) is 9.59 Å². The van der Waals surface area contributed by atoms with Crippen molar-refractivity contribution < 1.29 is 14.0 Å². The minimum absolute atomic E-state index is 0.359. The summed E-state index contributed by atoms with van der Waals surface area (Å²) < 4.78 is 13.8. The Labute approximate surface area is 133 Å². The van der Waals surface area contributed by atoms with Crippen molar-refractivity contribution in [3.63, 3.8) is 0 Å². The van der Waals surface area contributed by atoms with E-state index in [4.69, 9.17) is 0 Å². The summed E-state index contributed by atoms with van der Waals surface area (Å²) in [4.78, 5) is 22.8. The minimum Gasteiger partial charge on any atom is -0.298 e. The van der Waals surface area contributed by atoms with Crippen molar-refractivity contribution >= 4 is 12.6 Å². The van der Waals surface area contributed by atoms with E-state index >= 15 is 0 Å². The highest BCUT2D eigenvalue weighted by Gasteiger charge is 2.15. The highest BCUT2D eigenvalue weighted by atomic mass is 19.1. The smallest absolute Gasteiger partial charge is 0.150 e. The van der Waals surface area contributed by atoms with E-state index in [1.165, 1.54) is 12.1 Å². The van der Waals surface area contributed by atoms with Gasteiger partial charge in [-0.1, -0.05) is 54.6 Å². The molecule has 3 heteroatoms. The first-order chi connectivity index (χ1) is 11.2. The topological polar surface area (TPSA) is 34.1 Å². The molecular weight excluding hydrogens is 291 g/mol. The Morgan fingerprint density at radius 3 is 1.96 bits per heavy atom. The van der Waals surface area contributed by atoms with Gasteiger partial charge in [0.15, 0.2) is 12.6 Å². The van der Waals surface area contributed by atoms with Gasteiger partial charge in [0, 0.05) is 16.7 Å². The van der Waals surface area contributed by atoms with Crippen molar-refractivity contribution in [3.8, 4) is 22.3 Å². The maximum absolute atomic E-state index is 13.8. The van der Waals surface area contributed by atoms with Crippen molar-refractivity contribution in [3.05, 3.63) is 83.7 Å². The molecule has 0 unspecified atom stereocenters. The van der Waals surface area contributed by atoms with Gasteiger partial charge in [-0.25, -0.2) is 4.39 Å². The van der Waals surface area contributed by atoms with Crippen LogP contribution in [0.3, 0.4) is 0 Å². The molecule has 0 aliphatic heterocycles. The molecule has 0 aromatic heterocycles. The average Bonchev–Trinajstić information content (AvgIpc) is 2.61. The Morgan fingerprint density at radius 2 is 1.35 bits per heavy atom. The maximum Gasteiger partial charge on any atom is 0.150 e. The van der Waals surface area contributed by atoms with Gasteiger partial charge < -0.3 is 0 Å². The maximum atomic E-state index is 13.8. The molecule has 3 aromatic rings. The van der Waals surface area contributed by atoms with Crippen LogP contribution >= 0.6 is 0 Å². The van der Waals surface area contributed by atoms with E-state index in [0.717, 1.165) is 11.1 Å². The average molecular weight is 304 g/mol. The third kappa shape index (κ3) is 2.81. The molecule has 0 amide bonds. The van der Waals surface area contributed by atoms with E-state index in [2.05, 4.69) is 0 Å². The van der Waals surface area contributed by atoms with Crippen LogP contribution in [0.5, 0.6) is 0 Å². The molecule has 3 rings (SSSR count). The molecule has 0 aliphatic carbocycles. The molecule has 0 saturated heterocycles. The number of benzene rings is 3. The normalized spacial score (nSPS) is 10.3. The number of hydrogen-bond donors (Lipinski definition) is 0. The predicted octanol–water partition coefficient (Wildman–Crippen LogP) is 4.78. The lowest BCUT2D eigenvalue weighted by Gasteiger charge is -2.14. The zero-order valence-corrected chi connectivity index (χ0v) is 12.2. The van der Waals surface area contributed by atoms with Crippen LogP contribution < -0.4 is 0 Å². The summed E-state index contributed by atoms with van der Waals surface area (Å²) in [7, 11) is 0. The lowest BCUT2D eigenvalue weighted by Crippen LogP contribution is -1.97. The van der Waals surface area contributed by atoms with E-state index < -0.39 is 5.82 Å². The minimum atomic E-state index is -0.419. The third-order valence-corrected chi connectivity index (χ3v) is 3.72. The van der Waals surface area contributed by atoms with E-state index in [0.29, 0.717) is 34.8 Å². The van der Waals surface area contributed by atoms with Crippen LogP contribution in [0.4, 0.5) is 4.39 Å². The highest BCUT2D eigenvalue weighted by Crippen LogP contribution is 2.35. The summed E-state index contributed by atoms with van der Waals surface area (Å²) in [6.07, 6.45) is 1.37. The molecule has 0 heterocycles. The Bertz CT molecular complexity index is 844. The molecule has 0 spiro atoms. The van der Waals surface area contributed by atoms with Crippen molar-refractivity contribution in [2.45, 2.75) is 0 Å². The fraction of sp³-hybridized carbons (Fsp3) is 0. The largest absolute Gasteiger partial charge is 0.298 e. The van der Waals surface area contributed by atoms with E-state index in [-0.39, 0.29) is 0 Å². The lowest BCUT2D eigenvalue weighted by molar-refractivity contribution is 0.112. The van der Waals surface area contributed by atoms with E-state index in [1.807, 2.05) is 30.3 Å². The summed E-state index contributed by atoms with van der Waals surface area (Å²) in [5.74, 6) is -0.419. The first-order valence-corrected chi connectivity index (χ1v) is 7.13. The monoisotopic (exact) mass is 304 g/mol. The summed E-state index contributed by atoms with van der Waals surface area (Å²) >= 11 is 0. The van der Waals surface area contributed by atoms with Crippen LogP contribution in [-0.2, 0) is 0 Å². The van der Waals surface area contributed by atoms with Crippen molar-refractivity contribution in [2.75, 3.05) is 0 Å². The molecule has 112 valence electrons. The van der Waals surface area contributed by atoms with Crippen LogP contribution in [-0.4, -0.2) is 12.6 Å². The van der Waals surface area contributed by atoms with E-state index in [1.54, 1.807) is 24.3 Å². The molecule has 2 nitrogen and oxygen atoms in total. The standard InChI is InChI=1S/C20H13FO2/c21-17-9-10-18(14-5-2-1-3-6-14)19(11-17)20-15(12-22)7-4-8-16(20)13-23/h1-13H. The number of halogens is 1. The molecule has 0 aliphatic rings. The Hall–Kier alpha value is -3.07. The summed E-state index contributed by atoms with van der Waals surface area (Å²) in [6.45, 7) is 0. The van der Waals surface area contributed by atoms with Crippen LogP contribution in [0.25, 0.3) is 22.3 Å². The van der Waals surface area contributed by atoms with Gasteiger partial charge >= 0.3 is 0 Å². The summed E-state index contributed by atoms with van der Waals surface area (Å²) in [6, 6.07) is 18.7. The molecule has 0 bridgehead atoms. The van der Waals surface area contributed by atoms with Crippen molar-refractivity contribution in [1.29, 1.82) is 0 Å². The van der Waals surface area contributed by atoms with Gasteiger partial charge in [0.25, 0.3) is 0 Å². The fourth-order valence-corrected chi connectivity index (χ4v) is 2.69. The number of hydrogen-bond acceptors (Lipinski definition) is 2. The molecule has 0 N–H and O–H groups in total. The van der Waals surface area contributed by atoms with Gasteiger partial charge in [-0.2, -0.15) is 0 Å². The van der Waals surface area contributed by atoms with Crippen molar-refractivity contribution in [2.24, 2.45) is 0 Å². The van der Waals surface area contributed by atoms with Crippen LogP contribution in [0.1, 0.15) is 20.7 Å². The second-order valence-electron chi connectivity index (χ2n) is 5.10. The SMILES string of the molecule is O=Cc1cccc(C=O)c1-c1cc(F)ccc1-c1ccccc1. The van der Waals surface area contributed by atoms with Crippen molar-refractivity contribution in [1.82, 2.24) is 0 Å². The number of carbonyl (C=O) groups is 2. The third-order valence-electron chi connectivity index (χ3n) is 3.72. The number of aldehydes is 2. The Kier molecular flexibility index (Phi) is 4.11. The first-order valence-electron chi connectivity index (χ1n) is 7.13. The fourth-order valence-electron chi connectivity index (χ4n) is 2.69. The Morgan fingerprint density at radius 1 is 0.696 bits per heavy atom. The first kappa shape index (κ1) is 14.9. The Balaban J connectivity index is 2.35. The van der Waals surface area contributed by atoms with Gasteiger partial charge in [0.2, 0.25) is 0 Å². The summed E-state index contributed by atoms with van der Waals surface area (Å²) in [5, 5.41) is 0. The summed E-state index contributed by atoms with van der Waals surface area (Å²) in [5.41, 5.74) is 3.36. The molecule has 0 saturated carbocycles. The van der Waals surface area contributed by atoms with Crippen LogP contribution in [0, 0.1) is 5.82 Å². The molecule has 0 radical (unpaired) electrons. The zero-order valence-electron chi connectivity index (χ0n) is 12.2. The van der Waals surface area contributed by atoms with Gasteiger partial charge in [0.1, 0.15) is 5.82 Å². The number of carbonyl (C=O) groups excluding carboxylic acids is 2. The second-order valence-corrected chi connectivity index (χ2v) is 5.10. The second kappa shape index (κ2) is 6.36. The highest BCUT2D eigenvalue weighted by molar-refractivity contribution is 6.00. The zero-order chi connectivity index (χ0) is 16.2.